The lowest BCUT2D eigenvalue weighted by Crippen LogP contribution is -1.94. The summed E-state index contributed by atoms with van der Waals surface area (Å²) in [4.78, 5) is 4.45. The molecule has 2 aromatic carbocycles. The van der Waals surface area contributed by atoms with Crippen molar-refractivity contribution < 1.29 is 8.78 Å². The second-order valence-electron chi connectivity index (χ2n) is 4.98. The van der Waals surface area contributed by atoms with E-state index in [1.54, 1.807) is 0 Å². The van der Waals surface area contributed by atoms with Crippen molar-refractivity contribution in [1.82, 2.24) is 4.98 Å². The average molecular weight is 418 g/mol. The molecule has 0 amide bonds. The normalized spacial score (nSPS) is 11.2. The maximum Gasteiger partial charge on any atom is 0.149 e. The molecule has 1 heterocycles. The van der Waals surface area contributed by atoms with Crippen molar-refractivity contribution in [3.8, 4) is 17.3 Å². The van der Waals surface area contributed by atoms with Crippen molar-refractivity contribution in [1.29, 1.82) is 5.26 Å². The van der Waals surface area contributed by atoms with E-state index >= 15 is 0 Å². The number of aromatic nitrogens is 1. The smallest absolute Gasteiger partial charge is 0.149 e. The van der Waals surface area contributed by atoms with Crippen LogP contribution in [-0.2, 0) is 0 Å². The molecule has 0 saturated heterocycles. The number of rotatable bonds is 4. The molecule has 0 atom stereocenters. The van der Waals surface area contributed by atoms with E-state index in [0.29, 0.717) is 5.01 Å². The number of nitrogens with one attached hydrogen (secondary N) is 1. The Bertz CT molecular complexity index is 975. The molecular formula is C18H10BrF2N3S. The van der Waals surface area contributed by atoms with Gasteiger partial charge in [0, 0.05) is 27.7 Å². The van der Waals surface area contributed by atoms with Crippen molar-refractivity contribution in [3.05, 3.63) is 75.2 Å². The Labute approximate surface area is 155 Å². The Hall–Kier alpha value is -2.56. The van der Waals surface area contributed by atoms with E-state index in [-0.39, 0.29) is 11.3 Å². The lowest BCUT2D eigenvalue weighted by Gasteiger charge is -2.03. The monoisotopic (exact) mass is 417 g/mol. The standard InChI is InChI=1S/C18H10BrF2N3S/c19-13-3-1-11(2-4-13)17-10-25-18(24-17)12(8-22)9-23-16-6-5-14(20)7-15(16)21/h1-7,9-10,23H/b12-9-. The first kappa shape index (κ1) is 17.3. The topological polar surface area (TPSA) is 48.7 Å². The highest BCUT2D eigenvalue weighted by Gasteiger charge is 2.10. The van der Waals surface area contributed by atoms with Crippen molar-refractivity contribution in [2.75, 3.05) is 5.32 Å². The van der Waals surface area contributed by atoms with Gasteiger partial charge in [0.2, 0.25) is 0 Å². The molecule has 0 radical (unpaired) electrons. The van der Waals surface area contributed by atoms with Gasteiger partial charge in [0.15, 0.2) is 0 Å². The molecule has 7 heteroatoms. The molecular weight excluding hydrogens is 408 g/mol. The highest BCUT2D eigenvalue weighted by Crippen LogP contribution is 2.27. The van der Waals surface area contributed by atoms with Crippen molar-refractivity contribution >= 4 is 38.5 Å². The molecule has 3 aromatic rings. The fraction of sp³-hybridized carbons (Fsp3) is 0. The van der Waals surface area contributed by atoms with Crippen LogP contribution in [0.1, 0.15) is 5.01 Å². The predicted octanol–water partition coefficient (Wildman–Crippen LogP) is 5.83. The van der Waals surface area contributed by atoms with Gasteiger partial charge in [-0.2, -0.15) is 5.26 Å². The minimum atomic E-state index is -0.733. The highest BCUT2D eigenvalue weighted by molar-refractivity contribution is 9.10. The zero-order valence-corrected chi connectivity index (χ0v) is 15.0. The number of thiazole rings is 1. The summed E-state index contributed by atoms with van der Waals surface area (Å²) < 4.78 is 27.5. The zero-order valence-electron chi connectivity index (χ0n) is 12.6. The van der Waals surface area contributed by atoms with Crippen LogP contribution in [-0.4, -0.2) is 4.98 Å². The number of anilines is 1. The van der Waals surface area contributed by atoms with Crippen LogP contribution in [0.25, 0.3) is 16.8 Å². The Morgan fingerprint density at radius 3 is 2.64 bits per heavy atom. The van der Waals surface area contributed by atoms with Crippen LogP contribution in [0.15, 0.2) is 58.5 Å². The Morgan fingerprint density at radius 2 is 1.96 bits per heavy atom. The van der Waals surface area contributed by atoms with E-state index in [1.807, 2.05) is 35.7 Å². The summed E-state index contributed by atoms with van der Waals surface area (Å²) in [5.41, 5.74) is 2.03. The third kappa shape index (κ3) is 4.10. The van der Waals surface area contributed by atoms with Gasteiger partial charge < -0.3 is 5.32 Å². The van der Waals surface area contributed by atoms with Crippen LogP contribution in [0, 0.1) is 23.0 Å². The molecule has 124 valence electrons. The molecule has 0 aliphatic carbocycles. The minimum absolute atomic E-state index is 0.0823. The minimum Gasteiger partial charge on any atom is -0.358 e. The van der Waals surface area contributed by atoms with Gasteiger partial charge in [-0.1, -0.05) is 28.1 Å². The third-order valence-electron chi connectivity index (χ3n) is 3.30. The molecule has 0 fully saturated rings. The highest BCUT2D eigenvalue weighted by atomic mass is 79.9. The number of hydrogen-bond acceptors (Lipinski definition) is 4. The first-order valence-electron chi connectivity index (χ1n) is 7.10. The number of nitriles is 1. The van der Waals surface area contributed by atoms with E-state index in [1.165, 1.54) is 23.6 Å². The summed E-state index contributed by atoms with van der Waals surface area (Å²) in [5, 5.41) is 14.4. The summed E-state index contributed by atoms with van der Waals surface area (Å²) in [6.45, 7) is 0. The summed E-state index contributed by atoms with van der Waals surface area (Å²) >= 11 is 4.69. The first-order valence-corrected chi connectivity index (χ1v) is 8.78. The van der Waals surface area contributed by atoms with Gasteiger partial charge in [0.25, 0.3) is 0 Å². The lowest BCUT2D eigenvalue weighted by atomic mass is 10.2. The molecule has 0 saturated carbocycles. The molecule has 3 rings (SSSR count). The number of benzene rings is 2. The van der Waals surface area contributed by atoms with Gasteiger partial charge >= 0.3 is 0 Å². The predicted molar refractivity (Wildman–Crippen MR) is 98.8 cm³/mol. The maximum absolute atomic E-state index is 13.6. The lowest BCUT2D eigenvalue weighted by molar-refractivity contribution is 0.586. The van der Waals surface area contributed by atoms with Crippen LogP contribution in [0.5, 0.6) is 0 Å². The number of allylic oxidation sites excluding steroid dienone is 1. The summed E-state index contributed by atoms with van der Waals surface area (Å²) in [7, 11) is 0. The summed E-state index contributed by atoms with van der Waals surface area (Å²) in [6, 6.07) is 12.9. The van der Waals surface area contributed by atoms with Gasteiger partial charge in [0.1, 0.15) is 28.3 Å². The summed E-state index contributed by atoms with van der Waals surface area (Å²) in [6.07, 6.45) is 1.36. The third-order valence-corrected chi connectivity index (χ3v) is 4.70. The molecule has 1 N–H and O–H groups in total. The van der Waals surface area contributed by atoms with Crippen molar-refractivity contribution in [2.24, 2.45) is 0 Å². The largest absolute Gasteiger partial charge is 0.358 e. The zero-order chi connectivity index (χ0) is 17.8. The van der Waals surface area contributed by atoms with E-state index < -0.39 is 11.6 Å². The average Bonchev–Trinajstić information content (AvgIpc) is 3.07. The fourth-order valence-electron chi connectivity index (χ4n) is 2.05. The SMILES string of the molecule is N#C/C(=C/Nc1ccc(F)cc1F)c1nc(-c2ccc(Br)cc2)cs1. The Balaban J connectivity index is 1.84. The van der Waals surface area contributed by atoms with Gasteiger partial charge in [-0.3, -0.25) is 0 Å². The van der Waals surface area contributed by atoms with Crippen LogP contribution >= 0.6 is 27.3 Å². The first-order chi connectivity index (χ1) is 12.1. The van der Waals surface area contributed by atoms with Crippen LogP contribution in [0.2, 0.25) is 0 Å². The second-order valence-corrected chi connectivity index (χ2v) is 6.76. The van der Waals surface area contributed by atoms with E-state index in [2.05, 4.69) is 26.2 Å². The van der Waals surface area contributed by atoms with Gasteiger partial charge in [-0.25, -0.2) is 13.8 Å². The number of hydrogen-bond donors (Lipinski definition) is 1. The van der Waals surface area contributed by atoms with Gasteiger partial charge in [-0.05, 0) is 24.3 Å². The van der Waals surface area contributed by atoms with Crippen LogP contribution in [0.4, 0.5) is 14.5 Å². The Kier molecular flexibility index (Phi) is 5.22. The van der Waals surface area contributed by atoms with Crippen molar-refractivity contribution in [3.63, 3.8) is 0 Å². The molecule has 1 aromatic heterocycles. The molecule has 0 spiro atoms. The van der Waals surface area contributed by atoms with E-state index in [4.69, 9.17) is 0 Å². The molecule has 25 heavy (non-hydrogen) atoms. The number of nitrogens with zero attached hydrogens (tertiary/aromatic N) is 2. The number of halogens is 3. The molecule has 0 aliphatic rings. The molecule has 0 aliphatic heterocycles. The van der Waals surface area contributed by atoms with E-state index in [0.717, 1.165) is 27.9 Å². The maximum atomic E-state index is 13.6. The Morgan fingerprint density at radius 1 is 1.20 bits per heavy atom. The second kappa shape index (κ2) is 7.55. The molecule has 3 nitrogen and oxygen atoms in total. The molecule has 0 bridgehead atoms. The fourth-order valence-corrected chi connectivity index (χ4v) is 3.11. The van der Waals surface area contributed by atoms with Crippen molar-refractivity contribution in [2.45, 2.75) is 0 Å². The molecule has 0 unspecified atom stereocenters. The van der Waals surface area contributed by atoms with Crippen LogP contribution < -0.4 is 5.32 Å². The van der Waals surface area contributed by atoms with Gasteiger partial charge in [0.05, 0.1) is 11.4 Å². The van der Waals surface area contributed by atoms with E-state index in [9.17, 15) is 14.0 Å². The summed E-state index contributed by atoms with van der Waals surface area (Å²) in [5.74, 6) is -1.39. The van der Waals surface area contributed by atoms with Crippen LogP contribution in [0.3, 0.4) is 0 Å². The van der Waals surface area contributed by atoms with Gasteiger partial charge in [-0.15, -0.1) is 11.3 Å². The quantitative estimate of drug-likeness (QED) is 0.543.